The highest BCUT2D eigenvalue weighted by atomic mass is 16.5. The summed E-state index contributed by atoms with van der Waals surface area (Å²) in [5.41, 5.74) is 7.48. The summed E-state index contributed by atoms with van der Waals surface area (Å²) < 4.78 is 11.5. The number of rotatable bonds is 6. The largest absolute Gasteiger partial charge is 0.494 e. The lowest BCUT2D eigenvalue weighted by atomic mass is 9.73. The average Bonchev–Trinajstić information content (AvgIpc) is 2.52. The van der Waals surface area contributed by atoms with Crippen molar-refractivity contribution in [1.29, 1.82) is 0 Å². The van der Waals surface area contributed by atoms with E-state index in [-0.39, 0.29) is 11.6 Å². The molecule has 0 aliphatic heterocycles. The van der Waals surface area contributed by atoms with E-state index >= 15 is 0 Å². The van der Waals surface area contributed by atoms with Crippen LogP contribution >= 0.6 is 0 Å². The molecule has 0 heterocycles. The predicted molar refractivity (Wildman–Crippen MR) is 86.5 cm³/mol. The Hall–Kier alpha value is -1.06. The molecular weight excluding hydrogens is 262 g/mol. The summed E-state index contributed by atoms with van der Waals surface area (Å²) in [6.07, 6.45) is 5.58. The van der Waals surface area contributed by atoms with Crippen LogP contribution in [0.4, 0.5) is 0 Å². The molecule has 0 amide bonds. The van der Waals surface area contributed by atoms with Crippen molar-refractivity contribution in [3.63, 3.8) is 0 Å². The molecule has 21 heavy (non-hydrogen) atoms. The SMILES string of the molecule is CCCOc1ccc(C(N)C2(OC)CCCC(C)C2)cc1. The summed E-state index contributed by atoms with van der Waals surface area (Å²) in [5.74, 6) is 1.59. The van der Waals surface area contributed by atoms with Gasteiger partial charge in [-0.1, -0.05) is 38.8 Å². The number of nitrogens with two attached hydrogens (primary N) is 1. The first-order valence-electron chi connectivity index (χ1n) is 8.15. The minimum atomic E-state index is -0.219. The fourth-order valence-corrected chi connectivity index (χ4v) is 3.43. The molecule has 3 unspecified atom stereocenters. The Morgan fingerprint density at radius 2 is 2.05 bits per heavy atom. The van der Waals surface area contributed by atoms with Crippen LogP contribution < -0.4 is 10.5 Å². The third-order valence-corrected chi connectivity index (χ3v) is 4.68. The minimum Gasteiger partial charge on any atom is -0.494 e. The monoisotopic (exact) mass is 291 g/mol. The van der Waals surface area contributed by atoms with Gasteiger partial charge in [0.2, 0.25) is 0 Å². The van der Waals surface area contributed by atoms with Crippen LogP contribution in [0.15, 0.2) is 24.3 Å². The second kappa shape index (κ2) is 7.28. The fourth-order valence-electron chi connectivity index (χ4n) is 3.43. The standard InChI is InChI=1S/C18H29NO2/c1-4-12-21-16-9-7-15(8-10-16)17(19)18(20-3)11-5-6-14(2)13-18/h7-10,14,17H,4-6,11-13,19H2,1-3H3. The summed E-state index contributed by atoms with van der Waals surface area (Å²) >= 11 is 0. The smallest absolute Gasteiger partial charge is 0.119 e. The zero-order chi connectivity index (χ0) is 15.3. The van der Waals surface area contributed by atoms with Crippen LogP contribution in [0.2, 0.25) is 0 Å². The molecule has 2 rings (SSSR count). The van der Waals surface area contributed by atoms with Gasteiger partial charge in [-0.05, 0) is 42.9 Å². The highest BCUT2D eigenvalue weighted by molar-refractivity contribution is 5.30. The van der Waals surface area contributed by atoms with E-state index in [1.54, 1.807) is 7.11 Å². The summed E-state index contributed by atoms with van der Waals surface area (Å²) in [4.78, 5) is 0. The van der Waals surface area contributed by atoms with Gasteiger partial charge in [0.25, 0.3) is 0 Å². The van der Waals surface area contributed by atoms with Crippen molar-refractivity contribution in [3.8, 4) is 5.75 Å². The van der Waals surface area contributed by atoms with Crippen LogP contribution in [-0.4, -0.2) is 19.3 Å². The van der Waals surface area contributed by atoms with Gasteiger partial charge in [-0.25, -0.2) is 0 Å². The quantitative estimate of drug-likeness (QED) is 0.859. The third kappa shape index (κ3) is 3.78. The Kier molecular flexibility index (Phi) is 5.65. The topological polar surface area (TPSA) is 44.5 Å². The number of methoxy groups -OCH3 is 1. The van der Waals surface area contributed by atoms with Gasteiger partial charge in [-0.15, -0.1) is 0 Å². The van der Waals surface area contributed by atoms with Gasteiger partial charge in [0.05, 0.1) is 18.2 Å². The lowest BCUT2D eigenvalue weighted by Crippen LogP contribution is -2.46. The maximum absolute atomic E-state index is 6.56. The Morgan fingerprint density at radius 1 is 1.33 bits per heavy atom. The molecule has 3 nitrogen and oxygen atoms in total. The third-order valence-electron chi connectivity index (χ3n) is 4.68. The average molecular weight is 291 g/mol. The number of hydrogen-bond donors (Lipinski definition) is 1. The lowest BCUT2D eigenvalue weighted by molar-refractivity contribution is -0.0718. The molecule has 1 fully saturated rings. The molecule has 0 bridgehead atoms. The first kappa shape index (κ1) is 16.3. The lowest BCUT2D eigenvalue weighted by Gasteiger charge is -2.43. The van der Waals surface area contributed by atoms with Crippen molar-refractivity contribution in [2.45, 2.75) is 57.6 Å². The maximum atomic E-state index is 6.56. The molecule has 1 aromatic carbocycles. The van der Waals surface area contributed by atoms with Crippen molar-refractivity contribution in [2.24, 2.45) is 11.7 Å². The molecular formula is C18H29NO2. The minimum absolute atomic E-state index is 0.0783. The van der Waals surface area contributed by atoms with Gasteiger partial charge in [0.15, 0.2) is 0 Å². The van der Waals surface area contributed by atoms with E-state index in [0.29, 0.717) is 5.92 Å². The van der Waals surface area contributed by atoms with Gasteiger partial charge >= 0.3 is 0 Å². The maximum Gasteiger partial charge on any atom is 0.119 e. The molecule has 0 saturated heterocycles. The highest BCUT2D eigenvalue weighted by Crippen LogP contribution is 2.42. The van der Waals surface area contributed by atoms with Gasteiger partial charge in [0.1, 0.15) is 5.75 Å². The molecule has 1 aliphatic rings. The summed E-state index contributed by atoms with van der Waals surface area (Å²) in [6, 6.07) is 8.11. The van der Waals surface area contributed by atoms with Crippen LogP contribution in [0.3, 0.4) is 0 Å². The number of benzene rings is 1. The van der Waals surface area contributed by atoms with E-state index in [2.05, 4.69) is 26.0 Å². The fraction of sp³-hybridized carbons (Fsp3) is 0.667. The van der Waals surface area contributed by atoms with E-state index in [9.17, 15) is 0 Å². The number of ether oxygens (including phenoxy) is 2. The van der Waals surface area contributed by atoms with Gasteiger partial charge in [-0.3, -0.25) is 0 Å². The summed E-state index contributed by atoms with van der Waals surface area (Å²) in [6.45, 7) is 5.16. The molecule has 1 aromatic rings. The van der Waals surface area contributed by atoms with Crippen LogP contribution in [0.5, 0.6) is 5.75 Å². The molecule has 0 spiro atoms. The molecule has 2 N–H and O–H groups in total. The van der Waals surface area contributed by atoms with Gasteiger partial charge in [-0.2, -0.15) is 0 Å². The molecule has 0 radical (unpaired) electrons. The molecule has 3 atom stereocenters. The Morgan fingerprint density at radius 3 is 2.62 bits per heavy atom. The van der Waals surface area contributed by atoms with Gasteiger partial charge < -0.3 is 15.2 Å². The number of hydrogen-bond acceptors (Lipinski definition) is 3. The molecule has 0 aromatic heterocycles. The Labute approximate surface area is 128 Å². The first-order valence-corrected chi connectivity index (χ1v) is 8.15. The normalized spacial score (nSPS) is 27.3. The summed E-state index contributed by atoms with van der Waals surface area (Å²) in [5, 5.41) is 0. The van der Waals surface area contributed by atoms with Crippen LogP contribution in [0.1, 0.15) is 57.6 Å². The van der Waals surface area contributed by atoms with Crippen molar-refractivity contribution in [3.05, 3.63) is 29.8 Å². The van der Waals surface area contributed by atoms with Crippen molar-refractivity contribution >= 4 is 0 Å². The van der Waals surface area contributed by atoms with Crippen molar-refractivity contribution in [1.82, 2.24) is 0 Å². The van der Waals surface area contributed by atoms with E-state index in [0.717, 1.165) is 37.2 Å². The Balaban J connectivity index is 2.11. The predicted octanol–water partition coefficient (Wildman–Crippen LogP) is 4.07. The van der Waals surface area contributed by atoms with Crippen molar-refractivity contribution < 1.29 is 9.47 Å². The molecule has 1 saturated carbocycles. The van der Waals surface area contributed by atoms with E-state index in [4.69, 9.17) is 15.2 Å². The van der Waals surface area contributed by atoms with E-state index < -0.39 is 0 Å². The van der Waals surface area contributed by atoms with E-state index in [1.165, 1.54) is 12.8 Å². The molecule has 3 heteroatoms. The zero-order valence-corrected chi connectivity index (χ0v) is 13.6. The van der Waals surface area contributed by atoms with Crippen LogP contribution in [0.25, 0.3) is 0 Å². The summed E-state index contributed by atoms with van der Waals surface area (Å²) in [7, 11) is 1.80. The second-order valence-corrected chi connectivity index (χ2v) is 6.37. The zero-order valence-electron chi connectivity index (χ0n) is 13.6. The Bertz CT molecular complexity index is 431. The van der Waals surface area contributed by atoms with Crippen LogP contribution in [0, 0.1) is 5.92 Å². The first-order chi connectivity index (χ1) is 10.1. The van der Waals surface area contributed by atoms with Gasteiger partial charge in [0, 0.05) is 7.11 Å². The van der Waals surface area contributed by atoms with E-state index in [1.807, 2.05) is 12.1 Å². The second-order valence-electron chi connectivity index (χ2n) is 6.37. The highest BCUT2D eigenvalue weighted by Gasteiger charge is 2.41. The van der Waals surface area contributed by atoms with Crippen LogP contribution in [-0.2, 0) is 4.74 Å². The van der Waals surface area contributed by atoms with Crippen molar-refractivity contribution in [2.75, 3.05) is 13.7 Å². The molecule has 118 valence electrons. The molecule has 1 aliphatic carbocycles.